The van der Waals surface area contributed by atoms with Crippen LogP contribution in [0, 0.1) is 0 Å². The van der Waals surface area contributed by atoms with Crippen LogP contribution < -0.4 is 4.90 Å². The number of carbonyl (C=O) groups is 1. The van der Waals surface area contributed by atoms with Crippen molar-refractivity contribution in [2.45, 2.75) is 38.4 Å². The SMILES string of the molecule is CC(=O)C[C@@H]1OCc2cc(Cl)ccc2N2C1=NCC(C)=C2C(F)(F)Cl. The number of nitrogens with zero attached hydrogens (tertiary/aromatic N) is 2. The molecule has 4 nitrogen and oxygen atoms in total. The first-order chi connectivity index (χ1) is 11.7. The van der Waals surface area contributed by atoms with Crippen LogP contribution in [0.5, 0.6) is 0 Å². The van der Waals surface area contributed by atoms with Gasteiger partial charge in [-0.2, -0.15) is 8.78 Å². The number of carbonyl (C=O) groups excluding carboxylic acids is 1. The fraction of sp³-hybridized carbons (Fsp3) is 0.412. The third-order valence-electron chi connectivity index (χ3n) is 4.09. The van der Waals surface area contributed by atoms with Gasteiger partial charge in [-0.05, 0) is 49.2 Å². The Bertz CT molecular complexity index is 787. The molecule has 0 saturated heterocycles. The molecule has 2 aliphatic heterocycles. The number of Topliss-reactive ketones (excluding diaryl/α,β-unsaturated/α-hetero) is 1. The van der Waals surface area contributed by atoms with E-state index in [-0.39, 0.29) is 36.9 Å². The molecule has 0 fully saturated rings. The van der Waals surface area contributed by atoms with Gasteiger partial charge < -0.3 is 4.74 Å². The van der Waals surface area contributed by atoms with Crippen molar-refractivity contribution in [2.75, 3.05) is 11.4 Å². The largest absolute Gasteiger partial charge is 0.365 e. The number of ether oxygens (including phenoxy) is 1. The maximum atomic E-state index is 14.2. The summed E-state index contributed by atoms with van der Waals surface area (Å²) in [4.78, 5) is 17.3. The van der Waals surface area contributed by atoms with E-state index in [1.54, 1.807) is 25.1 Å². The van der Waals surface area contributed by atoms with Crippen molar-refractivity contribution < 1.29 is 18.3 Å². The number of allylic oxidation sites excluding steroid dienone is 1. The topological polar surface area (TPSA) is 41.9 Å². The summed E-state index contributed by atoms with van der Waals surface area (Å²) in [6, 6.07) is 4.89. The zero-order chi connectivity index (χ0) is 18.4. The Hall–Kier alpha value is -1.50. The second-order valence-corrected chi connectivity index (χ2v) is 7.03. The number of halogens is 4. The Kier molecular flexibility index (Phi) is 4.88. The average Bonchev–Trinajstić information content (AvgIpc) is 2.63. The second-order valence-electron chi connectivity index (χ2n) is 6.12. The zero-order valence-corrected chi connectivity index (χ0v) is 15.2. The molecule has 0 aromatic heterocycles. The molecule has 1 atom stereocenters. The van der Waals surface area contributed by atoms with Gasteiger partial charge in [-0.1, -0.05) is 11.6 Å². The van der Waals surface area contributed by atoms with Gasteiger partial charge in [-0.15, -0.1) is 0 Å². The van der Waals surface area contributed by atoms with Gasteiger partial charge in [0.2, 0.25) is 0 Å². The van der Waals surface area contributed by atoms with Crippen molar-refractivity contribution in [3.8, 4) is 0 Å². The maximum absolute atomic E-state index is 14.2. The molecular weight excluding hydrogens is 373 g/mol. The van der Waals surface area contributed by atoms with Crippen molar-refractivity contribution in [2.24, 2.45) is 4.99 Å². The fourth-order valence-electron chi connectivity index (χ4n) is 3.07. The summed E-state index contributed by atoms with van der Waals surface area (Å²) in [5.74, 6) is 0.138. The number of hydrogen-bond acceptors (Lipinski definition) is 4. The molecule has 0 unspecified atom stereocenters. The quantitative estimate of drug-likeness (QED) is 0.713. The summed E-state index contributed by atoms with van der Waals surface area (Å²) in [6.45, 7) is 3.19. The summed E-state index contributed by atoms with van der Waals surface area (Å²) < 4.78 is 34.2. The van der Waals surface area contributed by atoms with E-state index in [4.69, 9.17) is 27.9 Å². The minimum atomic E-state index is -3.59. The molecule has 0 aliphatic carbocycles. The van der Waals surface area contributed by atoms with E-state index >= 15 is 0 Å². The number of aliphatic imine (C=N–C) groups is 1. The number of benzene rings is 1. The van der Waals surface area contributed by atoms with E-state index in [0.29, 0.717) is 21.8 Å². The van der Waals surface area contributed by atoms with Crippen LogP contribution in [0.4, 0.5) is 14.5 Å². The molecule has 3 rings (SSSR count). The summed E-state index contributed by atoms with van der Waals surface area (Å²) in [5, 5.41) is -3.13. The van der Waals surface area contributed by atoms with Crippen molar-refractivity contribution in [3.05, 3.63) is 40.1 Å². The van der Waals surface area contributed by atoms with E-state index in [0.717, 1.165) is 0 Å². The lowest BCUT2D eigenvalue weighted by atomic mass is 10.1. The van der Waals surface area contributed by atoms with Gasteiger partial charge in [-0.3, -0.25) is 14.7 Å². The van der Waals surface area contributed by atoms with E-state index in [1.807, 2.05) is 0 Å². The van der Waals surface area contributed by atoms with Crippen LogP contribution in [0.2, 0.25) is 5.02 Å². The maximum Gasteiger partial charge on any atom is 0.363 e. The lowest BCUT2D eigenvalue weighted by Crippen LogP contribution is -2.46. The van der Waals surface area contributed by atoms with Gasteiger partial charge in [0.1, 0.15) is 23.4 Å². The van der Waals surface area contributed by atoms with E-state index in [2.05, 4.69) is 4.99 Å². The molecule has 134 valence electrons. The molecule has 8 heteroatoms. The first-order valence-corrected chi connectivity index (χ1v) is 8.45. The molecule has 1 aromatic rings. The molecular formula is C17H16Cl2F2N2O2. The lowest BCUT2D eigenvalue weighted by Gasteiger charge is -2.36. The summed E-state index contributed by atoms with van der Waals surface area (Å²) in [6.07, 6.45) is -0.692. The Morgan fingerprint density at radius 3 is 2.84 bits per heavy atom. The van der Waals surface area contributed by atoms with E-state index in [9.17, 15) is 13.6 Å². The van der Waals surface area contributed by atoms with Crippen LogP contribution in [0.1, 0.15) is 25.8 Å². The molecule has 25 heavy (non-hydrogen) atoms. The Morgan fingerprint density at radius 1 is 1.48 bits per heavy atom. The predicted molar refractivity (Wildman–Crippen MR) is 93.6 cm³/mol. The Balaban J connectivity index is 2.19. The van der Waals surface area contributed by atoms with Gasteiger partial charge >= 0.3 is 5.38 Å². The van der Waals surface area contributed by atoms with Gasteiger partial charge in [-0.25, -0.2) is 0 Å². The highest BCUT2D eigenvalue weighted by Gasteiger charge is 2.44. The van der Waals surface area contributed by atoms with Crippen LogP contribution in [-0.4, -0.2) is 29.6 Å². The second kappa shape index (κ2) is 6.67. The first-order valence-electron chi connectivity index (χ1n) is 7.69. The van der Waals surface area contributed by atoms with Crippen molar-refractivity contribution in [3.63, 3.8) is 0 Å². The predicted octanol–water partition coefficient (Wildman–Crippen LogP) is 4.54. The summed E-state index contributed by atoms with van der Waals surface area (Å²) >= 11 is 11.4. The fourth-order valence-corrected chi connectivity index (χ4v) is 3.51. The monoisotopic (exact) mass is 388 g/mol. The van der Waals surface area contributed by atoms with Crippen molar-refractivity contribution >= 4 is 40.5 Å². The number of anilines is 1. The van der Waals surface area contributed by atoms with Crippen molar-refractivity contribution in [1.29, 1.82) is 0 Å². The molecule has 0 radical (unpaired) electrons. The van der Waals surface area contributed by atoms with Crippen LogP contribution >= 0.6 is 23.2 Å². The number of fused-ring (bicyclic) bond motifs is 3. The normalized spacial score (nSPS) is 20.6. The highest BCUT2D eigenvalue weighted by molar-refractivity contribution is 6.30. The molecule has 0 amide bonds. The third kappa shape index (κ3) is 3.57. The first kappa shape index (κ1) is 18.3. The van der Waals surface area contributed by atoms with E-state index in [1.165, 1.54) is 11.8 Å². The average molecular weight is 389 g/mol. The number of ketones is 1. The van der Waals surface area contributed by atoms with Crippen molar-refractivity contribution in [1.82, 2.24) is 0 Å². The van der Waals surface area contributed by atoms with Crippen LogP contribution in [0.25, 0.3) is 0 Å². The Morgan fingerprint density at radius 2 is 2.20 bits per heavy atom. The van der Waals surface area contributed by atoms with Gasteiger partial charge in [0.25, 0.3) is 0 Å². The molecule has 0 saturated carbocycles. The molecule has 0 bridgehead atoms. The summed E-state index contributed by atoms with van der Waals surface area (Å²) in [5.41, 5.74) is 1.11. The Labute approximate surface area is 154 Å². The minimum Gasteiger partial charge on any atom is -0.365 e. The third-order valence-corrected chi connectivity index (χ3v) is 4.50. The number of rotatable bonds is 3. The molecule has 0 spiro atoms. The zero-order valence-electron chi connectivity index (χ0n) is 13.7. The highest BCUT2D eigenvalue weighted by Crippen LogP contribution is 2.42. The van der Waals surface area contributed by atoms with Crippen LogP contribution in [0.15, 0.2) is 34.5 Å². The number of amidine groups is 1. The van der Waals surface area contributed by atoms with Gasteiger partial charge in [0, 0.05) is 17.0 Å². The lowest BCUT2D eigenvalue weighted by molar-refractivity contribution is -0.118. The van der Waals surface area contributed by atoms with Gasteiger partial charge in [0.15, 0.2) is 0 Å². The minimum absolute atomic E-state index is 0.0389. The van der Waals surface area contributed by atoms with Crippen LogP contribution in [0.3, 0.4) is 0 Å². The summed E-state index contributed by atoms with van der Waals surface area (Å²) in [7, 11) is 0. The molecule has 0 N–H and O–H groups in total. The molecule has 1 aromatic carbocycles. The number of alkyl halides is 3. The molecule has 2 aliphatic rings. The van der Waals surface area contributed by atoms with Gasteiger partial charge in [0.05, 0.1) is 18.8 Å². The highest BCUT2D eigenvalue weighted by atomic mass is 35.5. The van der Waals surface area contributed by atoms with E-state index < -0.39 is 11.5 Å². The van der Waals surface area contributed by atoms with Crippen LogP contribution in [-0.2, 0) is 16.1 Å². The molecule has 2 heterocycles. The number of hydrogen-bond donors (Lipinski definition) is 0. The smallest absolute Gasteiger partial charge is 0.363 e. The standard InChI is InChI=1S/C17H16Cl2F2N2O2/c1-9-7-22-16-14(5-10(2)24)25-8-11-6-12(18)3-4-13(11)23(16)15(9)17(19,20)21/h3-4,6,14H,5,7-8H2,1-2H3/t14-/m0/s1.